The SMILES string of the molecule is Cc1nn(-c2cc(Nc3c(C)c(-c4ccc(F)cc4)nn3CC3CC3)ncn2)c(C)c1[S+](C)[O-]. The molecule has 1 fully saturated rings. The standard InChI is InChI=1S/C24H26FN7OS/c1-14-22(18-7-9-19(25)10-8-18)30-31(12-17-5-6-17)24(14)28-20-11-21(27-13-26-20)32-16(3)23(34(4)33)15(2)29-32/h7-11,13,17H,5-6,12H2,1-4H3,(H,26,27,28). The van der Waals surface area contributed by atoms with Crippen molar-refractivity contribution in [3.05, 3.63) is 59.4 Å². The first-order chi connectivity index (χ1) is 16.3. The van der Waals surface area contributed by atoms with Crippen LogP contribution in [0.5, 0.6) is 0 Å². The zero-order valence-corrected chi connectivity index (χ0v) is 20.4. The molecule has 5 rings (SSSR count). The molecule has 8 nitrogen and oxygen atoms in total. The summed E-state index contributed by atoms with van der Waals surface area (Å²) in [6.07, 6.45) is 5.52. The summed E-state index contributed by atoms with van der Waals surface area (Å²) >= 11 is -1.14. The van der Waals surface area contributed by atoms with Crippen molar-refractivity contribution in [2.24, 2.45) is 5.92 Å². The van der Waals surface area contributed by atoms with Crippen LogP contribution in [0.2, 0.25) is 0 Å². The molecule has 0 bridgehead atoms. The summed E-state index contributed by atoms with van der Waals surface area (Å²) in [4.78, 5) is 9.51. The number of nitrogens with zero attached hydrogens (tertiary/aromatic N) is 6. The van der Waals surface area contributed by atoms with Crippen LogP contribution in [0.4, 0.5) is 16.0 Å². The Morgan fingerprint density at radius 1 is 1.12 bits per heavy atom. The number of nitrogens with one attached hydrogen (secondary N) is 1. The number of benzene rings is 1. The molecule has 34 heavy (non-hydrogen) atoms. The first kappa shape index (κ1) is 22.5. The van der Waals surface area contributed by atoms with Crippen molar-refractivity contribution in [2.75, 3.05) is 11.6 Å². The Bertz CT molecular complexity index is 1340. The normalized spacial score (nSPS) is 14.4. The van der Waals surface area contributed by atoms with Gasteiger partial charge in [-0.2, -0.15) is 10.2 Å². The molecule has 1 saturated carbocycles. The molecule has 1 atom stereocenters. The maximum atomic E-state index is 13.5. The molecule has 176 valence electrons. The van der Waals surface area contributed by atoms with Crippen LogP contribution in [-0.2, 0) is 17.7 Å². The van der Waals surface area contributed by atoms with Crippen molar-refractivity contribution in [2.45, 2.75) is 45.1 Å². The number of aryl methyl sites for hydroxylation is 1. The quantitative estimate of drug-likeness (QED) is 0.393. The van der Waals surface area contributed by atoms with Gasteiger partial charge in [0.25, 0.3) is 0 Å². The van der Waals surface area contributed by atoms with Crippen LogP contribution in [0, 0.1) is 32.5 Å². The van der Waals surface area contributed by atoms with Gasteiger partial charge >= 0.3 is 0 Å². The minimum absolute atomic E-state index is 0.273. The third-order valence-corrected chi connectivity index (χ3v) is 7.23. The Labute approximate surface area is 200 Å². The van der Waals surface area contributed by atoms with Gasteiger partial charge in [-0.05, 0) is 75.0 Å². The van der Waals surface area contributed by atoms with E-state index in [0.29, 0.717) is 23.2 Å². The number of rotatable bonds is 7. The Morgan fingerprint density at radius 3 is 2.50 bits per heavy atom. The Hall–Kier alpha value is -3.24. The molecule has 0 spiro atoms. The average Bonchev–Trinajstić information content (AvgIpc) is 3.50. The number of hydrogen-bond donors (Lipinski definition) is 1. The van der Waals surface area contributed by atoms with Crippen LogP contribution in [0.25, 0.3) is 17.1 Å². The van der Waals surface area contributed by atoms with Crippen molar-refractivity contribution in [1.82, 2.24) is 29.5 Å². The van der Waals surface area contributed by atoms with E-state index in [4.69, 9.17) is 5.10 Å². The van der Waals surface area contributed by atoms with Crippen molar-refractivity contribution >= 4 is 22.8 Å². The molecule has 1 aromatic carbocycles. The maximum Gasteiger partial charge on any atom is 0.196 e. The van der Waals surface area contributed by atoms with E-state index in [1.165, 1.54) is 31.3 Å². The summed E-state index contributed by atoms with van der Waals surface area (Å²) in [6.45, 7) is 6.54. The monoisotopic (exact) mass is 479 g/mol. The van der Waals surface area contributed by atoms with Gasteiger partial charge in [0, 0.05) is 23.7 Å². The maximum absolute atomic E-state index is 13.5. The van der Waals surface area contributed by atoms with Crippen LogP contribution >= 0.6 is 0 Å². The van der Waals surface area contributed by atoms with Crippen molar-refractivity contribution in [3.63, 3.8) is 0 Å². The predicted octanol–water partition coefficient (Wildman–Crippen LogP) is 4.48. The first-order valence-corrected chi connectivity index (χ1v) is 12.7. The second-order valence-electron chi connectivity index (χ2n) is 8.71. The topological polar surface area (TPSA) is 96.5 Å². The first-order valence-electron chi connectivity index (χ1n) is 11.1. The fourth-order valence-electron chi connectivity index (χ4n) is 4.19. The molecule has 0 aliphatic heterocycles. The van der Waals surface area contributed by atoms with Crippen molar-refractivity contribution in [1.29, 1.82) is 0 Å². The van der Waals surface area contributed by atoms with Crippen molar-refractivity contribution in [3.8, 4) is 17.1 Å². The molecule has 1 N–H and O–H groups in total. The lowest BCUT2D eigenvalue weighted by atomic mass is 10.1. The molecular weight excluding hydrogens is 453 g/mol. The molecule has 0 amide bonds. The molecule has 1 aliphatic rings. The van der Waals surface area contributed by atoms with E-state index in [9.17, 15) is 8.94 Å². The van der Waals surface area contributed by atoms with E-state index >= 15 is 0 Å². The lowest BCUT2D eigenvalue weighted by Crippen LogP contribution is -2.09. The third kappa shape index (κ3) is 4.30. The number of halogens is 1. The molecule has 10 heteroatoms. The van der Waals surface area contributed by atoms with E-state index in [2.05, 4.69) is 20.4 Å². The van der Waals surface area contributed by atoms with Crippen molar-refractivity contribution < 1.29 is 8.94 Å². The summed E-state index contributed by atoms with van der Waals surface area (Å²) < 4.78 is 29.3. The van der Waals surface area contributed by atoms with Crippen LogP contribution in [-0.4, -0.2) is 40.3 Å². The van der Waals surface area contributed by atoms with Crippen LogP contribution < -0.4 is 5.32 Å². The second kappa shape index (κ2) is 8.84. The largest absolute Gasteiger partial charge is 0.612 e. The zero-order chi connectivity index (χ0) is 24.0. The summed E-state index contributed by atoms with van der Waals surface area (Å²) in [5.41, 5.74) is 4.14. The average molecular weight is 480 g/mol. The number of aromatic nitrogens is 6. The molecule has 3 heterocycles. The molecule has 0 saturated heterocycles. The third-order valence-electron chi connectivity index (χ3n) is 6.06. The highest BCUT2D eigenvalue weighted by molar-refractivity contribution is 7.90. The van der Waals surface area contributed by atoms with Crippen LogP contribution in [0.15, 0.2) is 41.6 Å². The Balaban J connectivity index is 1.51. The molecule has 1 unspecified atom stereocenters. The highest BCUT2D eigenvalue weighted by Gasteiger charge is 2.26. The zero-order valence-electron chi connectivity index (χ0n) is 19.5. The second-order valence-corrected chi connectivity index (χ2v) is 10.0. The molecular formula is C24H26FN7OS. The summed E-state index contributed by atoms with van der Waals surface area (Å²) in [7, 11) is 0. The molecule has 0 radical (unpaired) electrons. The fourth-order valence-corrected chi connectivity index (χ4v) is 5.15. The van der Waals surface area contributed by atoms with Gasteiger partial charge in [-0.15, -0.1) is 0 Å². The summed E-state index contributed by atoms with van der Waals surface area (Å²) in [5.74, 6) is 2.37. The van der Waals surface area contributed by atoms with E-state index in [0.717, 1.165) is 39.8 Å². The van der Waals surface area contributed by atoms with E-state index < -0.39 is 11.2 Å². The van der Waals surface area contributed by atoms with Crippen LogP contribution in [0.1, 0.15) is 29.8 Å². The Morgan fingerprint density at radius 2 is 1.85 bits per heavy atom. The summed E-state index contributed by atoms with van der Waals surface area (Å²) in [6, 6.07) is 8.20. The highest BCUT2D eigenvalue weighted by atomic mass is 32.2. The number of anilines is 2. The van der Waals surface area contributed by atoms with Gasteiger partial charge in [0.2, 0.25) is 0 Å². The van der Waals surface area contributed by atoms with Gasteiger partial charge in [-0.1, -0.05) is 0 Å². The van der Waals surface area contributed by atoms with Crippen LogP contribution in [0.3, 0.4) is 0 Å². The van der Waals surface area contributed by atoms with Gasteiger partial charge in [-0.3, -0.25) is 0 Å². The lowest BCUT2D eigenvalue weighted by Gasteiger charge is -2.11. The smallest absolute Gasteiger partial charge is 0.196 e. The van der Waals surface area contributed by atoms with E-state index in [1.807, 2.05) is 31.5 Å². The van der Waals surface area contributed by atoms with Gasteiger partial charge in [0.15, 0.2) is 10.7 Å². The molecule has 4 aromatic rings. The van der Waals surface area contributed by atoms with E-state index in [-0.39, 0.29) is 5.82 Å². The number of hydrogen-bond acceptors (Lipinski definition) is 6. The van der Waals surface area contributed by atoms with Gasteiger partial charge < -0.3 is 9.87 Å². The fraction of sp³-hybridized carbons (Fsp3) is 0.333. The van der Waals surface area contributed by atoms with Gasteiger partial charge in [0.05, 0.1) is 11.4 Å². The molecule has 1 aliphatic carbocycles. The Kier molecular flexibility index (Phi) is 5.86. The highest BCUT2D eigenvalue weighted by Crippen LogP contribution is 2.35. The minimum Gasteiger partial charge on any atom is -0.612 e. The summed E-state index contributed by atoms with van der Waals surface area (Å²) in [5, 5.41) is 12.8. The lowest BCUT2D eigenvalue weighted by molar-refractivity contribution is 0.571. The predicted molar refractivity (Wildman–Crippen MR) is 129 cm³/mol. The molecule has 3 aromatic heterocycles. The van der Waals surface area contributed by atoms with E-state index in [1.54, 1.807) is 23.1 Å². The van der Waals surface area contributed by atoms with Gasteiger partial charge in [0.1, 0.15) is 35.7 Å². The van der Waals surface area contributed by atoms with Gasteiger partial charge in [-0.25, -0.2) is 23.7 Å². The minimum atomic E-state index is -1.14.